The van der Waals surface area contributed by atoms with Crippen LogP contribution in [0.1, 0.15) is 11.5 Å². The van der Waals surface area contributed by atoms with Crippen molar-refractivity contribution in [2.45, 2.75) is 18.7 Å². The summed E-state index contributed by atoms with van der Waals surface area (Å²) in [5.74, 6) is 0.255. The highest BCUT2D eigenvalue weighted by Crippen LogP contribution is 2.39. The number of carbonyl (C=O) groups is 1. The summed E-state index contributed by atoms with van der Waals surface area (Å²) in [7, 11) is -2.69. The smallest absolute Gasteiger partial charge is 0.334 e. The van der Waals surface area contributed by atoms with Gasteiger partial charge in [0.15, 0.2) is 5.76 Å². The monoisotopic (exact) mass is 492 g/mol. The molecule has 0 saturated heterocycles. The van der Waals surface area contributed by atoms with Crippen molar-refractivity contribution in [3.63, 3.8) is 0 Å². The lowest BCUT2D eigenvalue weighted by atomic mass is 10.1. The molecular formula is C16H15Cl3N6O4S. The number of urea groups is 1. The number of hydrazine groups is 1. The summed E-state index contributed by atoms with van der Waals surface area (Å²) in [6, 6.07) is 3.95. The van der Waals surface area contributed by atoms with Crippen LogP contribution in [0.25, 0.3) is 11.3 Å². The Bertz CT molecular complexity index is 1220. The minimum atomic E-state index is -4.18. The SMILES string of the molecule is Cc1nn(C)c(Cl)c1S(=O)(=O)NNC(=O)Nc1c(-c2c(Cl)cccc2Cl)noc1C. The molecular weight excluding hydrogens is 479 g/mol. The molecule has 3 N–H and O–H groups in total. The maximum atomic E-state index is 12.5. The zero-order valence-corrected chi connectivity index (χ0v) is 18.8. The van der Waals surface area contributed by atoms with Gasteiger partial charge < -0.3 is 9.84 Å². The normalized spacial score (nSPS) is 11.5. The van der Waals surface area contributed by atoms with Gasteiger partial charge in [-0.25, -0.2) is 13.2 Å². The van der Waals surface area contributed by atoms with Gasteiger partial charge in [-0.05, 0) is 26.0 Å². The minimum absolute atomic E-state index is 0.104. The molecule has 10 nitrogen and oxygen atoms in total. The highest BCUT2D eigenvalue weighted by Gasteiger charge is 2.26. The molecule has 14 heteroatoms. The van der Waals surface area contributed by atoms with Crippen LogP contribution in [0, 0.1) is 13.8 Å². The van der Waals surface area contributed by atoms with Crippen LogP contribution in [0.2, 0.25) is 15.2 Å². The number of nitrogens with zero attached hydrogens (tertiary/aromatic N) is 3. The number of amides is 2. The predicted octanol–water partition coefficient (Wildman–Crippen LogP) is 3.67. The third kappa shape index (κ3) is 4.25. The molecule has 0 aliphatic heterocycles. The van der Waals surface area contributed by atoms with Crippen molar-refractivity contribution in [3.8, 4) is 11.3 Å². The van der Waals surface area contributed by atoms with Crippen LogP contribution in [-0.4, -0.2) is 29.4 Å². The lowest BCUT2D eigenvalue weighted by Crippen LogP contribution is -2.44. The van der Waals surface area contributed by atoms with Crippen molar-refractivity contribution >= 4 is 56.5 Å². The highest BCUT2D eigenvalue weighted by atomic mass is 35.5. The number of aromatic nitrogens is 3. The minimum Gasteiger partial charge on any atom is -0.359 e. The van der Waals surface area contributed by atoms with Gasteiger partial charge in [-0.1, -0.05) is 46.0 Å². The Balaban J connectivity index is 1.81. The first-order chi connectivity index (χ1) is 14.0. The van der Waals surface area contributed by atoms with Gasteiger partial charge in [0.25, 0.3) is 10.0 Å². The van der Waals surface area contributed by atoms with E-state index in [2.05, 4.69) is 15.6 Å². The molecule has 0 unspecified atom stereocenters. The maximum Gasteiger partial charge on any atom is 0.334 e. The summed E-state index contributed by atoms with van der Waals surface area (Å²) in [6.07, 6.45) is 0. The number of benzene rings is 1. The van der Waals surface area contributed by atoms with Crippen molar-refractivity contribution in [1.29, 1.82) is 0 Å². The average molecular weight is 494 g/mol. The maximum absolute atomic E-state index is 12.5. The second kappa shape index (κ2) is 8.44. The number of hydrogen-bond donors (Lipinski definition) is 3. The first-order valence-corrected chi connectivity index (χ1v) is 10.8. The van der Waals surface area contributed by atoms with E-state index in [9.17, 15) is 13.2 Å². The van der Waals surface area contributed by atoms with E-state index >= 15 is 0 Å². The Morgan fingerprint density at radius 2 is 1.80 bits per heavy atom. The van der Waals surface area contributed by atoms with E-state index in [1.165, 1.54) is 18.7 Å². The third-order valence-corrected chi connectivity index (χ3v) is 6.54. The standard InChI is InChI=1S/C16H15Cl3N6O4S/c1-7-14(15(19)25(3)22-7)30(27,28)24-21-16(26)20-12-8(2)29-23-13(12)11-9(17)5-4-6-10(11)18/h4-6,24H,1-3H3,(H2,20,21,26). The number of aryl methyl sites for hydroxylation is 3. The largest absolute Gasteiger partial charge is 0.359 e. The van der Waals surface area contributed by atoms with Crippen molar-refractivity contribution < 1.29 is 17.7 Å². The molecule has 30 heavy (non-hydrogen) atoms. The Morgan fingerprint density at radius 1 is 1.17 bits per heavy atom. The van der Waals surface area contributed by atoms with Gasteiger partial charge in [-0.2, -0.15) is 5.10 Å². The summed E-state index contributed by atoms with van der Waals surface area (Å²) < 4.78 is 31.3. The summed E-state index contributed by atoms with van der Waals surface area (Å²) in [4.78, 5) is 14.0. The summed E-state index contributed by atoms with van der Waals surface area (Å²) in [6.45, 7) is 3.03. The molecule has 0 atom stereocenters. The fourth-order valence-electron chi connectivity index (χ4n) is 2.64. The van der Waals surface area contributed by atoms with Crippen LogP contribution in [0.15, 0.2) is 27.6 Å². The van der Waals surface area contributed by atoms with Gasteiger partial charge in [-0.15, -0.1) is 4.83 Å². The zero-order valence-electron chi connectivity index (χ0n) is 15.7. The molecule has 0 aliphatic carbocycles. The highest BCUT2D eigenvalue weighted by molar-refractivity contribution is 7.89. The topological polar surface area (TPSA) is 131 Å². The van der Waals surface area contributed by atoms with Gasteiger partial charge in [-0.3, -0.25) is 10.1 Å². The van der Waals surface area contributed by atoms with Gasteiger partial charge in [0.05, 0.1) is 15.7 Å². The second-order valence-corrected chi connectivity index (χ2v) is 8.86. The van der Waals surface area contributed by atoms with Crippen molar-refractivity contribution in [2.24, 2.45) is 7.05 Å². The van der Waals surface area contributed by atoms with Crippen LogP contribution >= 0.6 is 34.8 Å². The molecule has 0 spiro atoms. The molecule has 0 radical (unpaired) electrons. The molecule has 2 aromatic heterocycles. The quantitative estimate of drug-likeness (QED) is 0.465. The first kappa shape index (κ1) is 22.4. The second-order valence-electron chi connectivity index (χ2n) is 6.07. The van der Waals surface area contributed by atoms with Gasteiger partial charge in [0.2, 0.25) is 0 Å². The lowest BCUT2D eigenvalue weighted by molar-refractivity contribution is 0.250. The van der Waals surface area contributed by atoms with Gasteiger partial charge >= 0.3 is 6.03 Å². The molecule has 160 valence electrons. The van der Waals surface area contributed by atoms with E-state index in [-0.39, 0.29) is 32.9 Å². The molecule has 3 rings (SSSR count). The molecule has 2 amide bonds. The number of rotatable bonds is 5. The number of carbonyl (C=O) groups excluding carboxylic acids is 1. The van der Waals surface area contributed by atoms with Gasteiger partial charge in [0, 0.05) is 12.6 Å². The molecule has 0 aliphatic rings. The average Bonchev–Trinajstić information content (AvgIpc) is 3.13. The molecule has 0 bridgehead atoms. The number of hydrogen-bond acceptors (Lipinski definition) is 6. The molecule has 1 aromatic carbocycles. The van der Waals surface area contributed by atoms with E-state index in [1.54, 1.807) is 25.1 Å². The van der Waals surface area contributed by atoms with E-state index < -0.39 is 16.1 Å². The molecule has 0 saturated carbocycles. The van der Waals surface area contributed by atoms with E-state index in [1.807, 2.05) is 10.3 Å². The first-order valence-electron chi connectivity index (χ1n) is 8.21. The van der Waals surface area contributed by atoms with Crippen molar-refractivity contribution in [1.82, 2.24) is 25.2 Å². The lowest BCUT2D eigenvalue weighted by Gasteiger charge is -2.11. The predicted molar refractivity (Wildman–Crippen MR) is 112 cm³/mol. The Kier molecular flexibility index (Phi) is 6.29. The Labute approximate surface area is 186 Å². The van der Waals surface area contributed by atoms with E-state index in [4.69, 9.17) is 39.3 Å². The summed E-state index contributed by atoms with van der Waals surface area (Å²) in [5.41, 5.74) is 2.91. The van der Waals surface area contributed by atoms with Crippen molar-refractivity contribution in [2.75, 3.05) is 5.32 Å². The number of halogens is 3. The van der Waals surface area contributed by atoms with Crippen molar-refractivity contribution in [3.05, 3.63) is 44.9 Å². The number of nitrogens with one attached hydrogen (secondary N) is 3. The van der Waals surface area contributed by atoms with E-state index in [0.717, 1.165) is 0 Å². The van der Waals surface area contributed by atoms with Crippen LogP contribution in [-0.2, 0) is 17.1 Å². The Hall–Kier alpha value is -2.31. The summed E-state index contributed by atoms with van der Waals surface area (Å²) >= 11 is 18.4. The third-order valence-electron chi connectivity index (χ3n) is 3.97. The molecule has 0 fully saturated rings. The number of sulfonamides is 1. The van der Waals surface area contributed by atoms with Crippen LogP contribution in [0.4, 0.5) is 10.5 Å². The summed E-state index contributed by atoms with van der Waals surface area (Å²) in [5, 5.41) is 10.8. The zero-order chi connectivity index (χ0) is 22.2. The van der Waals surface area contributed by atoms with Crippen LogP contribution < -0.4 is 15.6 Å². The van der Waals surface area contributed by atoms with E-state index in [0.29, 0.717) is 15.6 Å². The molecule has 3 aromatic rings. The van der Waals surface area contributed by atoms with Crippen LogP contribution in [0.3, 0.4) is 0 Å². The van der Waals surface area contributed by atoms with Crippen LogP contribution in [0.5, 0.6) is 0 Å². The fourth-order valence-corrected chi connectivity index (χ4v) is 4.81. The fraction of sp³-hybridized carbons (Fsp3) is 0.188. The van der Waals surface area contributed by atoms with Gasteiger partial charge in [0.1, 0.15) is 21.4 Å². The number of anilines is 1. The molecule has 2 heterocycles. The Morgan fingerprint density at radius 3 is 2.37 bits per heavy atom.